The van der Waals surface area contributed by atoms with Crippen molar-refractivity contribution >= 4 is 5.91 Å². The first kappa shape index (κ1) is 13.1. The highest BCUT2D eigenvalue weighted by Gasteiger charge is 2.31. The smallest absolute Gasteiger partial charge is 0.265 e. The molecule has 1 aromatic carbocycles. The van der Waals surface area contributed by atoms with Crippen LogP contribution in [0.1, 0.15) is 37.8 Å². The van der Waals surface area contributed by atoms with E-state index in [-0.39, 0.29) is 5.91 Å². The van der Waals surface area contributed by atoms with Crippen LogP contribution in [0.4, 0.5) is 0 Å². The van der Waals surface area contributed by atoms with E-state index >= 15 is 0 Å². The Bertz CT molecular complexity index is 418. The summed E-state index contributed by atoms with van der Waals surface area (Å²) in [5, 5.41) is 11.9. The van der Waals surface area contributed by atoms with Gasteiger partial charge in [-0.05, 0) is 24.5 Å². The Morgan fingerprint density at radius 1 is 1.39 bits per heavy atom. The lowest BCUT2D eigenvalue weighted by Crippen LogP contribution is -2.50. The van der Waals surface area contributed by atoms with Crippen LogP contribution in [0, 0.1) is 0 Å². The summed E-state index contributed by atoms with van der Waals surface area (Å²) in [6.45, 7) is 4.91. The van der Waals surface area contributed by atoms with Crippen LogP contribution in [0.15, 0.2) is 24.3 Å². The lowest BCUT2D eigenvalue weighted by atomic mass is 10.0. The number of aliphatic hydroxyl groups is 1. The Morgan fingerprint density at radius 3 is 2.44 bits per heavy atom. The summed E-state index contributed by atoms with van der Waals surface area (Å²) in [6, 6.07) is 8.12. The molecule has 1 aliphatic heterocycles. The van der Waals surface area contributed by atoms with Crippen molar-refractivity contribution in [3.8, 4) is 0 Å². The zero-order valence-electron chi connectivity index (χ0n) is 10.9. The van der Waals surface area contributed by atoms with Gasteiger partial charge >= 0.3 is 0 Å². The summed E-state index contributed by atoms with van der Waals surface area (Å²) < 4.78 is 0. The number of carbonyl (C=O) groups excluding carboxylic acids is 1. The quantitative estimate of drug-likeness (QED) is 0.850. The number of hydrogen-bond donors (Lipinski definition) is 2. The van der Waals surface area contributed by atoms with Crippen molar-refractivity contribution in [1.29, 1.82) is 0 Å². The molecule has 1 atom stereocenters. The summed E-state index contributed by atoms with van der Waals surface area (Å²) in [7, 11) is 0. The average Bonchev–Trinajstić information content (AvgIpc) is 2.70. The molecule has 1 heterocycles. The Kier molecular flexibility index (Phi) is 3.68. The van der Waals surface area contributed by atoms with E-state index in [4.69, 9.17) is 0 Å². The highest BCUT2D eigenvalue weighted by atomic mass is 16.3. The number of nitrogens with zero attached hydrogens (tertiary/aromatic N) is 1. The first-order valence-corrected chi connectivity index (χ1v) is 6.38. The predicted octanol–water partition coefficient (Wildman–Crippen LogP) is 1.58. The molecule has 1 unspecified atom stereocenters. The van der Waals surface area contributed by atoms with Gasteiger partial charge in [0.15, 0.2) is 0 Å². The normalized spacial score (nSPS) is 18.2. The predicted molar refractivity (Wildman–Crippen MR) is 69.4 cm³/mol. The van der Waals surface area contributed by atoms with Gasteiger partial charge in [-0.25, -0.2) is 5.01 Å². The van der Waals surface area contributed by atoms with Crippen molar-refractivity contribution in [2.45, 2.75) is 45.4 Å². The molecule has 1 aromatic rings. The molecular formula is C14H20N2O2. The molecule has 2 N–H and O–H groups in total. The van der Waals surface area contributed by atoms with Gasteiger partial charge in [-0.15, -0.1) is 0 Å². The molecule has 4 heteroatoms. The summed E-state index contributed by atoms with van der Waals surface area (Å²) >= 11 is 0. The molecule has 0 fully saturated rings. The van der Waals surface area contributed by atoms with Gasteiger partial charge < -0.3 is 5.11 Å². The second kappa shape index (κ2) is 5.08. The largest absolute Gasteiger partial charge is 0.380 e. The molecule has 0 saturated heterocycles. The van der Waals surface area contributed by atoms with Gasteiger partial charge in [-0.1, -0.05) is 37.6 Å². The van der Waals surface area contributed by atoms with E-state index in [1.54, 1.807) is 6.92 Å². The highest BCUT2D eigenvalue weighted by molar-refractivity contribution is 5.83. The minimum Gasteiger partial charge on any atom is -0.380 e. The monoisotopic (exact) mass is 248 g/mol. The molecule has 1 amide bonds. The maximum absolute atomic E-state index is 12.0. The van der Waals surface area contributed by atoms with Gasteiger partial charge in [0.2, 0.25) is 0 Å². The average molecular weight is 248 g/mol. The maximum atomic E-state index is 12.0. The molecule has 0 aliphatic carbocycles. The Balaban J connectivity index is 1.95. The standard InChI is InChI=1S/C14H20N2O2/c1-3-8-14(2,18)13(17)15-16-9-11-6-4-5-7-12(11)10-16/h4-7,18H,3,8-10H2,1-2H3,(H,15,17). The number of nitrogens with one attached hydrogen (secondary N) is 1. The fraction of sp³-hybridized carbons (Fsp3) is 0.500. The molecule has 2 rings (SSSR count). The van der Waals surface area contributed by atoms with Crippen molar-refractivity contribution in [3.05, 3.63) is 35.4 Å². The molecular weight excluding hydrogens is 228 g/mol. The molecule has 0 radical (unpaired) electrons. The van der Waals surface area contributed by atoms with Crippen LogP contribution in [0.25, 0.3) is 0 Å². The minimum absolute atomic E-state index is 0.322. The van der Waals surface area contributed by atoms with E-state index in [2.05, 4.69) is 17.6 Å². The second-order valence-electron chi connectivity index (χ2n) is 5.09. The molecule has 0 bridgehead atoms. The number of hydrazine groups is 1. The van der Waals surface area contributed by atoms with Gasteiger partial charge in [-0.3, -0.25) is 10.2 Å². The van der Waals surface area contributed by atoms with E-state index in [0.717, 1.165) is 6.42 Å². The van der Waals surface area contributed by atoms with Crippen LogP contribution in [0.2, 0.25) is 0 Å². The third-order valence-corrected chi connectivity index (χ3v) is 3.33. The third kappa shape index (κ3) is 2.71. The van der Waals surface area contributed by atoms with Crippen LogP contribution in [-0.4, -0.2) is 21.6 Å². The van der Waals surface area contributed by atoms with Crippen molar-refractivity contribution in [2.24, 2.45) is 0 Å². The van der Waals surface area contributed by atoms with Crippen molar-refractivity contribution < 1.29 is 9.90 Å². The second-order valence-corrected chi connectivity index (χ2v) is 5.09. The molecule has 0 saturated carbocycles. The SMILES string of the molecule is CCCC(C)(O)C(=O)NN1Cc2ccccc2C1. The fourth-order valence-electron chi connectivity index (χ4n) is 2.28. The Morgan fingerprint density at radius 2 is 1.94 bits per heavy atom. The highest BCUT2D eigenvalue weighted by Crippen LogP contribution is 2.21. The van der Waals surface area contributed by atoms with Crippen LogP contribution in [-0.2, 0) is 17.9 Å². The minimum atomic E-state index is -1.29. The van der Waals surface area contributed by atoms with E-state index in [1.165, 1.54) is 11.1 Å². The molecule has 0 spiro atoms. The number of rotatable bonds is 4. The van der Waals surface area contributed by atoms with Gasteiger partial charge in [0.05, 0.1) is 0 Å². The van der Waals surface area contributed by atoms with Crippen molar-refractivity contribution in [1.82, 2.24) is 10.4 Å². The molecule has 1 aliphatic rings. The topological polar surface area (TPSA) is 52.6 Å². The van der Waals surface area contributed by atoms with Gasteiger partial charge in [0.25, 0.3) is 5.91 Å². The third-order valence-electron chi connectivity index (χ3n) is 3.33. The fourth-order valence-corrected chi connectivity index (χ4v) is 2.28. The first-order valence-electron chi connectivity index (χ1n) is 6.38. The molecule has 0 aromatic heterocycles. The lowest BCUT2D eigenvalue weighted by molar-refractivity contribution is -0.144. The zero-order valence-corrected chi connectivity index (χ0v) is 10.9. The van der Waals surface area contributed by atoms with Gasteiger partial charge in [0.1, 0.15) is 5.60 Å². The first-order chi connectivity index (χ1) is 8.53. The van der Waals surface area contributed by atoms with Crippen LogP contribution >= 0.6 is 0 Å². The van der Waals surface area contributed by atoms with Crippen molar-refractivity contribution in [2.75, 3.05) is 0 Å². The molecule has 18 heavy (non-hydrogen) atoms. The summed E-state index contributed by atoms with van der Waals surface area (Å²) in [4.78, 5) is 12.0. The van der Waals surface area contributed by atoms with Crippen LogP contribution in [0.3, 0.4) is 0 Å². The zero-order chi connectivity index (χ0) is 13.2. The number of amides is 1. The van der Waals surface area contributed by atoms with E-state index in [1.807, 2.05) is 24.1 Å². The Hall–Kier alpha value is -1.39. The van der Waals surface area contributed by atoms with Crippen LogP contribution in [0.5, 0.6) is 0 Å². The number of fused-ring (bicyclic) bond motifs is 1. The number of carbonyl (C=O) groups is 1. The Labute approximate surface area is 108 Å². The molecule has 4 nitrogen and oxygen atoms in total. The van der Waals surface area contributed by atoms with Crippen molar-refractivity contribution in [3.63, 3.8) is 0 Å². The van der Waals surface area contributed by atoms with Gasteiger partial charge in [0, 0.05) is 13.1 Å². The molecule has 98 valence electrons. The lowest BCUT2D eigenvalue weighted by Gasteiger charge is -2.25. The number of benzene rings is 1. The van der Waals surface area contributed by atoms with E-state index < -0.39 is 5.60 Å². The number of hydrogen-bond acceptors (Lipinski definition) is 3. The summed E-state index contributed by atoms with van der Waals surface area (Å²) in [5.74, 6) is -0.322. The summed E-state index contributed by atoms with van der Waals surface area (Å²) in [6.07, 6.45) is 1.25. The van der Waals surface area contributed by atoms with Crippen LogP contribution < -0.4 is 5.43 Å². The van der Waals surface area contributed by atoms with E-state index in [0.29, 0.717) is 19.5 Å². The van der Waals surface area contributed by atoms with E-state index in [9.17, 15) is 9.90 Å². The maximum Gasteiger partial charge on any atom is 0.265 e. The van der Waals surface area contributed by atoms with Gasteiger partial charge in [-0.2, -0.15) is 0 Å². The summed E-state index contributed by atoms with van der Waals surface area (Å²) in [5.41, 5.74) is 3.97.